The van der Waals surface area contributed by atoms with Crippen LogP contribution >= 0.6 is 0 Å². The molecule has 0 aromatic heterocycles. The van der Waals surface area contributed by atoms with Crippen LogP contribution in [0.25, 0.3) is 0 Å². The summed E-state index contributed by atoms with van der Waals surface area (Å²) in [6.07, 6.45) is 0.758. The van der Waals surface area contributed by atoms with Gasteiger partial charge < -0.3 is 10.5 Å². The highest BCUT2D eigenvalue weighted by atomic mass is 19.1. The highest BCUT2D eigenvalue weighted by Gasteiger charge is 2.28. The maximum absolute atomic E-state index is 13.8. The number of nitrogens with two attached hydrogens (primary N) is 1. The molecule has 1 fully saturated rings. The van der Waals surface area contributed by atoms with E-state index in [4.69, 9.17) is 10.5 Å². The summed E-state index contributed by atoms with van der Waals surface area (Å²) in [6.45, 7) is 2.71. The van der Waals surface area contributed by atoms with Gasteiger partial charge >= 0.3 is 0 Å². The van der Waals surface area contributed by atoms with E-state index < -0.39 is 17.7 Å². The molecule has 1 saturated heterocycles. The van der Waals surface area contributed by atoms with Gasteiger partial charge in [-0.2, -0.15) is 0 Å². The fourth-order valence-electron chi connectivity index (χ4n) is 2.06. The van der Waals surface area contributed by atoms with Crippen LogP contribution in [0.4, 0.5) is 8.78 Å². The molecule has 1 aromatic rings. The summed E-state index contributed by atoms with van der Waals surface area (Å²) in [6, 6.07) is 2.07. The van der Waals surface area contributed by atoms with Gasteiger partial charge in [0.1, 0.15) is 11.6 Å². The van der Waals surface area contributed by atoms with Gasteiger partial charge in [-0.05, 0) is 25.0 Å². The molecule has 1 aromatic carbocycles. The van der Waals surface area contributed by atoms with Crippen LogP contribution in [0.15, 0.2) is 12.1 Å². The molecule has 0 saturated carbocycles. The third-order valence-electron chi connectivity index (χ3n) is 3.13. The first-order valence-electron chi connectivity index (χ1n) is 5.39. The molecule has 2 rings (SSSR count). The molecule has 0 radical (unpaired) electrons. The fraction of sp³-hybridized carbons (Fsp3) is 0.500. The summed E-state index contributed by atoms with van der Waals surface area (Å²) in [7, 11) is 0. The van der Waals surface area contributed by atoms with Gasteiger partial charge in [0.05, 0.1) is 6.61 Å². The SMILES string of the molecule is Cc1ccc(F)c(C(N)C2CCOC2)c1F. The van der Waals surface area contributed by atoms with Gasteiger partial charge in [-0.3, -0.25) is 0 Å². The maximum atomic E-state index is 13.8. The molecule has 2 unspecified atom stereocenters. The molecule has 1 aliphatic rings. The summed E-state index contributed by atoms with van der Waals surface area (Å²) in [5.41, 5.74) is 6.33. The third kappa shape index (κ3) is 1.95. The summed E-state index contributed by atoms with van der Waals surface area (Å²) in [4.78, 5) is 0. The molecule has 0 amide bonds. The molecule has 0 bridgehead atoms. The van der Waals surface area contributed by atoms with Gasteiger partial charge in [0.2, 0.25) is 0 Å². The van der Waals surface area contributed by atoms with Crippen molar-refractivity contribution in [3.05, 3.63) is 34.9 Å². The van der Waals surface area contributed by atoms with E-state index in [9.17, 15) is 8.78 Å². The number of benzene rings is 1. The highest BCUT2D eigenvalue weighted by molar-refractivity contribution is 5.29. The van der Waals surface area contributed by atoms with Gasteiger partial charge in [-0.15, -0.1) is 0 Å². The summed E-state index contributed by atoms with van der Waals surface area (Å²) in [5, 5.41) is 0. The minimum Gasteiger partial charge on any atom is -0.381 e. The zero-order valence-corrected chi connectivity index (χ0v) is 9.17. The number of rotatable bonds is 2. The maximum Gasteiger partial charge on any atom is 0.133 e. The molecular formula is C12H15F2NO. The Morgan fingerprint density at radius 3 is 2.81 bits per heavy atom. The lowest BCUT2D eigenvalue weighted by atomic mass is 9.91. The van der Waals surface area contributed by atoms with Crippen LogP contribution < -0.4 is 5.73 Å². The average molecular weight is 227 g/mol. The van der Waals surface area contributed by atoms with Crippen molar-refractivity contribution in [1.29, 1.82) is 0 Å². The monoisotopic (exact) mass is 227 g/mol. The first kappa shape index (κ1) is 11.5. The molecule has 16 heavy (non-hydrogen) atoms. The van der Waals surface area contributed by atoms with Gasteiger partial charge in [0.15, 0.2) is 0 Å². The largest absolute Gasteiger partial charge is 0.381 e. The Bertz CT molecular complexity index is 389. The zero-order chi connectivity index (χ0) is 11.7. The summed E-state index contributed by atoms with van der Waals surface area (Å²) < 4.78 is 32.6. The van der Waals surface area contributed by atoms with E-state index in [0.29, 0.717) is 18.8 Å². The van der Waals surface area contributed by atoms with Crippen molar-refractivity contribution in [1.82, 2.24) is 0 Å². The molecular weight excluding hydrogens is 212 g/mol. The first-order chi connectivity index (χ1) is 7.61. The van der Waals surface area contributed by atoms with Gasteiger partial charge in [-0.25, -0.2) is 8.78 Å². The Morgan fingerprint density at radius 1 is 1.44 bits per heavy atom. The average Bonchev–Trinajstić information content (AvgIpc) is 2.77. The molecule has 88 valence electrons. The molecule has 0 aliphatic carbocycles. The van der Waals surface area contributed by atoms with Crippen molar-refractivity contribution in [3.8, 4) is 0 Å². The topological polar surface area (TPSA) is 35.2 Å². The molecule has 2 N–H and O–H groups in total. The van der Waals surface area contributed by atoms with E-state index in [1.807, 2.05) is 0 Å². The first-order valence-corrected chi connectivity index (χ1v) is 5.39. The van der Waals surface area contributed by atoms with Crippen LogP contribution in [0, 0.1) is 24.5 Å². The lowest BCUT2D eigenvalue weighted by molar-refractivity contribution is 0.180. The van der Waals surface area contributed by atoms with Crippen LogP contribution in [0.5, 0.6) is 0 Å². The third-order valence-corrected chi connectivity index (χ3v) is 3.13. The molecule has 4 heteroatoms. The predicted octanol–water partition coefficient (Wildman–Crippen LogP) is 2.31. The minimum absolute atomic E-state index is 0.00417. The second kappa shape index (κ2) is 4.47. The molecule has 2 nitrogen and oxygen atoms in total. The molecule has 0 spiro atoms. The smallest absolute Gasteiger partial charge is 0.133 e. The van der Waals surface area contributed by atoms with Gasteiger partial charge in [0, 0.05) is 24.1 Å². The van der Waals surface area contributed by atoms with Gasteiger partial charge in [0.25, 0.3) is 0 Å². The van der Waals surface area contributed by atoms with Crippen molar-refractivity contribution in [2.24, 2.45) is 11.7 Å². The van der Waals surface area contributed by atoms with E-state index in [1.165, 1.54) is 12.1 Å². The van der Waals surface area contributed by atoms with E-state index >= 15 is 0 Å². The Hall–Kier alpha value is -1.00. The van der Waals surface area contributed by atoms with E-state index in [1.54, 1.807) is 6.92 Å². The molecule has 1 aliphatic heterocycles. The van der Waals surface area contributed by atoms with Crippen molar-refractivity contribution >= 4 is 0 Å². The Balaban J connectivity index is 2.34. The van der Waals surface area contributed by atoms with Crippen molar-refractivity contribution in [3.63, 3.8) is 0 Å². The summed E-state index contributed by atoms with van der Waals surface area (Å²) in [5.74, 6) is -1.09. The quantitative estimate of drug-likeness (QED) is 0.841. The lowest BCUT2D eigenvalue weighted by Crippen LogP contribution is -2.24. The second-order valence-corrected chi connectivity index (χ2v) is 4.24. The lowest BCUT2D eigenvalue weighted by Gasteiger charge is -2.19. The Labute approximate surface area is 93.4 Å². The number of aryl methyl sites for hydroxylation is 1. The van der Waals surface area contributed by atoms with Gasteiger partial charge in [-0.1, -0.05) is 6.07 Å². The molecule has 2 atom stereocenters. The standard InChI is InChI=1S/C12H15F2NO/c1-7-2-3-9(13)10(11(7)14)12(15)8-4-5-16-6-8/h2-3,8,12H,4-6,15H2,1H3. The number of hydrogen-bond donors (Lipinski definition) is 1. The zero-order valence-electron chi connectivity index (χ0n) is 9.17. The Morgan fingerprint density at radius 2 is 2.19 bits per heavy atom. The van der Waals surface area contributed by atoms with E-state index in [0.717, 1.165) is 6.42 Å². The van der Waals surface area contributed by atoms with Crippen LogP contribution in [0.1, 0.15) is 23.6 Å². The highest BCUT2D eigenvalue weighted by Crippen LogP contribution is 2.30. The van der Waals surface area contributed by atoms with Crippen LogP contribution in [-0.4, -0.2) is 13.2 Å². The van der Waals surface area contributed by atoms with Crippen molar-refractivity contribution in [2.45, 2.75) is 19.4 Å². The van der Waals surface area contributed by atoms with Crippen molar-refractivity contribution in [2.75, 3.05) is 13.2 Å². The van der Waals surface area contributed by atoms with E-state index in [-0.39, 0.29) is 11.5 Å². The second-order valence-electron chi connectivity index (χ2n) is 4.24. The number of ether oxygens (including phenoxy) is 1. The van der Waals surface area contributed by atoms with Crippen LogP contribution in [-0.2, 0) is 4.74 Å². The number of halogens is 2. The minimum atomic E-state index is -0.623. The molecule has 1 heterocycles. The normalized spacial score (nSPS) is 22.4. The predicted molar refractivity (Wildman–Crippen MR) is 56.9 cm³/mol. The van der Waals surface area contributed by atoms with E-state index in [2.05, 4.69) is 0 Å². The van der Waals surface area contributed by atoms with Crippen molar-refractivity contribution < 1.29 is 13.5 Å². The van der Waals surface area contributed by atoms with Crippen LogP contribution in [0.3, 0.4) is 0 Å². The van der Waals surface area contributed by atoms with Crippen LogP contribution in [0.2, 0.25) is 0 Å². The number of hydrogen-bond acceptors (Lipinski definition) is 2. The Kier molecular flexibility index (Phi) is 3.21. The summed E-state index contributed by atoms with van der Waals surface area (Å²) >= 11 is 0. The fourth-order valence-corrected chi connectivity index (χ4v) is 2.06.